The normalized spacial score (nSPS) is 15.1. The Balaban J connectivity index is 1.50. The molecule has 3 rings (SSSR count). The first-order chi connectivity index (χ1) is 11.3. The van der Waals surface area contributed by atoms with E-state index in [-0.39, 0.29) is 6.03 Å². The van der Waals surface area contributed by atoms with Crippen LogP contribution < -0.4 is 10.6 Å². The third-order valence-electron chi connectivity index (χ3n) is 4.45. The largest absolute Gasteiger partial charge is 0.334 e. The summed E-state index contributed by atoms with van der Waals surface area (Å²) >= 11 is 0. The molecular weight excluding hydrogens is 286 g/mol. The average Bonchev–Trinajstić information content (AvgIpc) is 2.62. The summed E-state index contributed by atoms with van der Waals surface area (Å²) in [6, 6.07) is 11.9. The molecule has 120 valence electrons. The van der Waals surface area contributed by atoms with Gasteiger partial charge in [0.2, 0.25) is 0 Å². The summed E-state index contributed by atoms with van der Waals surface area (Å²) in [4.78, 5) is 15.9. The average molecular weight is 309 g/mol. The molecule has 4 heteroatoms. The van der Waals surface area contributed by atoms with E-state index in [0.29, 0.717) is 12.5 Å². The lowest BCUT2D eigenvalue weighted by Gasteiger charge is -2.22. The Morgan fingerprint density at radius 1 is 1.00 bits per heavy atom. The van der Waals surface area contributed by atoms with Gasteiger partial charge in [-0.15, -0.1) is 0 Å². The summed E-state index contributed by atoms with van der Waals surface area (Å²) in [7, 11) is 0. The number of urea groups is 1. The van der Waals surface area contributed by atoms with Gasteiger partial charge in [-0.25, -0.2) is 4.79 Å². The van der Waals surface area contributed by atoms with Crippen LogP contribution in [-0.2, 0) is 6.54 Å². The highest BCUT2D eigenvalue weighted by Crippen LogP contribution is 2.32. The third-order valence-corrected chi connectivity index (χ3v) is 4.45. The molecule has 2 amide bonds. The highest BCUT2D eigenvalue weighted by atomic mass is 16.2. The highest BCUT2D eigenvalue weighted by Gasteiger charge is 2.15. The Hall–Kier alpha value is -2.36. The molecule has 1 aliphatic carbocycles. The number of carbonyl (C=O) groups is 1. The Bertz CT molecular complexity index is 619. The fourth-order valence-corrected chi connectivity index (χ4v) is 3.13. The van der Waals surface area contributed by atoms with Crippen molar-refractivity contribution in [2.75, 3.05) is 5.32 Å². The zero-order valence-electron chi connectivity index (χ0n) is 13.3. The predicted octanol–water partition coefficient (Wildman–Crippen LogP) is 4.45. The molecule has 0 radical (unpaired) electrons. The maximum Gasteiger partial charge on any atom is 0.319 e. The molecule has 0 bridgehead atoms. The van der Waals surface area contributed by atoms with E-state index in [4.69, 9.17) is 0 Å². The van der Waals surface area contributed by atoms with E-state index in [0.717, 1.165) is 11.3 Å². The highest BCUT2D eigenvalue weighted by molar-refractivity contribution is 5.89. The van der Waals surface area contributed by atoms with Crippen LogP contribution in [0, 0.1) is 0 Å². The van der Waals surface area contributed by atoms with E-state index in [9.17, 15) is 4.79 Å². The number of hydrogen-bond acceptors (Lipinski definition) is 2. The van der Waals surface area contributed by atoms with Crippen LogP contribution in [0.4, 0.5) is 10.5 Å². The van der Waals surface area contributed by atoms with Crippen LogP contribution in [0.15, 0.2) is 48.8 Å². The standard InChI is InChI=1S/C19H23N3O/c23-19(21-14-15-10-12-20-13-11-15)22-18-8-6-17(7-9-18)16-4-2-1-3-5-16/h6-13,16H,1-5,14H2,(H2,21,22,23). The molecule has 2 N–H and O–H groups in total. The summed E-state index contributed by atoms with van der Waals surface area (Å²) in [6.45, 7) is 0.495. The van der Waals surface area contributed by atoms with Gasteiger partial charge in [-0.1, -0.05) is 31.4 Å². The number of anilines is 1. The van der Waals surface area contributed by atoms with Crippen LogP contribution >= 0.6 is 0 Å². The van der Waals surface area contributed by atoms with Crippen LogP contribution in [0.2, 0.25) is 0 Å². The fourth-order valence-electron chi connectivity index (χ4n) is 3.13. The second kappa shape index (κ2) is 7.77. The first-order valence-corrected chi connectivity index (χ1v) is 8.35. The Labute approximate surface area is 137 Å². The first-order valence-electron chi connectivity index (χ1n) is 8.35. The lowest BCUT2D eigenvalue weighted by atomic mass is 9.84. The third kappa shape index (κ3) is 4.55. The molecular formula is C19H23N3O. The van der Waals surface area contributed by atoms with E-state index in [1.807, 2.05) is 24.3 Å². The maximum atomic E-state index is 11.9. The van der Waals surface area contributed by atoms with Crippen molar-refractivity contribution in [2.45, 2.75) is 44.6 Å². The van der Waals surface area contributed by atoms with E-state index in [1.54, 1.807) is 12.4 Å². The number of hydrogen-bond donors (Lipinski definition) is 2. The van der Waals surface area contributed by atoms with Crippen molar-refractivity contribution < 1.29 is 4.79 Å². The number of pyridine rings is 1. The molecule has 4 nitrogen and oxygen atoms in total. The SMILES string of the molecule is O=C(NCc1ccncc1)Nc1ccc(C2CCCCC2)cc1. The number of rotatable bonds is 4. The van der Waals surface area contributed by atoms with Crippen LogP contribution in [0.3, 0.4) is 0 Å². The second-order valence-electron chi connectivity index (χ2n) is 6.12. The van der Waals surface area contributed by atoms with Crippen molar-refractivity contribution >= 4 is 11.7 Å². The molecule has 1 aromatic carbocycles. The molecule has 1 aromatic heterocycles. The molecule has 0 spiro atoms. The lowest BCUT2D eigenvalue weighted by molar-refractivity contribution is 0.251. The number of benzene rings is 1. The van der Waals surface area contributed by atoms with Gasteiger partial charge in [-0.2, -0.15) is 0 Å². The first kappa shape index (κ1) is 15.5. The van der Waals surface area contributed by atoms with Gasteiger partial charge in [0.25, 0.3) is 0 Å². The van der Waals surface area contributed by atoms with Crippen molar-refractivity contribution in [1.29, 1.82) is 0 Å². The minimum atomic E-state index is -0.188. The Morgan fingerprint density at radius 2 is 1.70 bits per heavy atom. The molecule has 1 heterocycles. The number of aromatic nitrogens is 1. The van der Waals surface area contributed by atoms with Crippen molar-refractivity contribution in [1.82, 2.24) is 10.3 Å². The quantitative estimate of drug-likeness (QED) is 0.876. The lowest BCUT2D eigenvalue weighted by Crippen LogP contribution is -2.28. The van der Waals surface area contributed by atoms with Gasteiger partial charge in [-0.05, 0) is 54.2 Å². The van der Waals surface area contributed by atoms with Gasteiger partial charge in [0, 0.05) is 24.6 Å². The van der Waals surface area contributed by atoms with Crippen LogP contribution in [-0.4, -0.2) is 11.0 Å². The van der Waals surface area contributed by atoms with Gasteiger partial charge >= 0.3 is 6.03 Å². The van der Waals surface area contributed by atoms with E-state index < -0.39 is 0 Å². The van der Waals surface area contributed by atoms with Gasteiger partial charge in [0.05, 0.1) is 0 Å². The van der Waals surface area contributed by atoms with Crippen molar-refractivity contribution in [3.63, 3.8) is 0 Å². The van der Waals surface area contributed by atoms with E-state index >= 15 is 0 Å². The Morgan fingerprint density at radius 3 is 2.39 bits per heavy atom. The minimum absolute atomic E-state index is 0.188. The summed E-state index contributed by atoms with van der Waals surface area (Å²) in [5, 5.41) is 5.72. The molecule has 0 atom stereocenters. The molecule has 1 fully saturated rings. The monoisotopic (exact) mass is 309 g/mol. The van der Waals surface area contributed by atoms with Crippen molar-refractivity contribution in [2.24, 2.45) is 0 Å². The topological polar surface area (TPSA) is 54.0 Å². The van der Waals surface area contributed by atoms with Crippen molar-refractivity contribution in [3.05, 3.63) is 59.9 Å². The number of nitrogens with one attached hydrogen (secondary N) is 2. The molecule has 0 saturated heterocycles. The molecule has 1 saturated carbocycles. The zero-order valence-corrected chi connectivity index (χ0v) is 13.3. The summed E-state index contributed by atoms with van der Waals surface area (Å²) < 4.78 is 0. The van der Waals surface area contributed by atoms with Gasteiger partial charge in [-0.3, -0.25) is 4.98 Å². The van der Waals surface area contributed by atoms with Gasteiger partial charge in [0.1, 0.15) is 0 Å². The van der Waals surface area contributed by atoms with E-state index in [1.165, 1.54) is 37.7 Å². The smallest absolute Gasteiger partial charge is 0.319 e. The molecule has 1 aliphatic rings. The van der Waals surface area contributed by atoms with Gasteiger partial charge < -0.3 is 10.6 Å². The number of carbonyl (C=O) groups excluding carboxylic acids is 1. The van der Waals surface area contributed by atoms with Crippen LogP contribution in [0.5, 0.6) is 0 Å². The summed E-state index contributed by atoms with van der Waals surface area (Å²) in [6.07, 6.45) is 10.1. The molecule has 0 aliphatic heterocycles. The fraction of sp³-hybridized carbons (Fsp3) is 0.368. The maximum absolute atomic E-state index is 11.9. The van der Waals surface area contributed by atoms with E-state index in [2.05, 4.69) is 27.8 Å². The minimum Gasteiger partial charge on any atom is -0.334 e. The predicted molar refractivity (Wildman–Crippen MR) is 92.4 cm³/mol. The second-order valence-corrected chi connectivity index (χ2v) is 6.12. The molecule has 2 aromatic rings. The van der Waals surface area contributed by atoms with Crippen LogP contribution in [0.1, 0.15) is 49.1 Å². The summed E-state index contributed by atoms with van der Waals surface area (Å²) in [5.74, 6) is 0.693. The molecule has 0 unspecified atom stereocenters. The zero-order chi connectivity index (χ0) is 15.9. The number of nitrogens with zero attached hydrogens (tertiary/aromatic N) is 1. The molecule has 23 heavy (non-hydrogen) atoms. The Kier molecular flexibility index (Phi) is 5.25. The number of amides is 2. The van der Waals surface area contributed by atoms with Gasteiger partial charge in [0.15, 0.2) is 0 Å². The van der Waals surface area contributed by atoms with Crippen molar-refractivity contribution in [3.8, 4) is 0 Å². The summed E-state index contributed by atoms with van der Waals surface area (Å²) in [5.41, 5.74) is 3.26. The van der Waals surface area contributed by atoms with Crippen LogP contribution in [0.25, 0.3) is 0 Å².